The van der Waals surface area contributed by atoms with E-state index in [1.165, 1.54) is 10.5 Å². The Bertz CT molecular complexity index is 1000. The SMILES string of the molecule is CCCn1c(-c2cccc(C)c2)nn(C[NH+]2CCN(c3ncccn3)CC2)c1=S. The third-order valence-electron chi connectivity index (χ3n) is 5.33. The van der Waals surface area contributed by atoms with E-state index in [9.17, 15) is 0 Å². The van der Waals surface area contributed by atoms with Gasteiger partial charge in [0.25, 0.3) is 0 Å². The van der Waals surface area contributed by atoms with Gasteiger partial charge >= 0.3 is 0 Å². The van der Waals surface area contributed by atoms with Crippen LogP contribution in [0.4, 0.5) is 5.95 Å². The van der Waals surface area contributed by atoms with Gasteiger partial charge in [-0.1, -0.05) is 30.7 Å². The average Bonchev–Trinajstić information content (AvgIpc) is 3.05. The van der Waals surface area contributed by atoms with Crippen LogP contribution in [0.25, 0.3) is 11.4 Å². The van der Waals surface area contributed by atoms with Crippen LogP contribution in [0, 0.1) is 11.7 Å². The van der Waals surface area contributed by atoms with Crippen LogP contribution in [0.3, 0.4) is 0 Å². The van der Waals surface area contributed by atoms with Crippen molar-refractivity contribution in [2.45, 2.75) is 33.5 Å². The summed E-state index contributed by atoms with van der Waals surface area (Å²) in [6.07, 6.45) is 4.63. The molecule has 152 valence electrons. The molecule has 0 saturated carbocycles. The fourth-order valence-electron chi connectivity index (χ4n) is 3.81. The predicted octanol–water partition coefficient (Wildman–Crippen LogP) is 1.95. The van der Waals surface area contributed by atoms with E-state index >= 15 is 0 Å². The maximum absolute atomic E-state index is 5.80. The molecule has 1 saturated heterocycles. The molecule has 1 aromatic carbocycles. The summed E-state index contributed by atoms with van der Waals surface area (Å²) in [7, 11) is 0. The fraction of sp³-hybridized carbons (Fsp3) is 0.429. The van der Waals surface area contributed by atoms with Crippen molar-refractivity contribution in [3.63, 3.8) is 0 Å². The molecule has 0 unspecified atom stereocenters. The first-order valence-electron chi connectivity index (χ1n) is 10.3. The molecule has 0 radical (unpaired) electrons. The summed E-state index contributed by atoms with van der Waals surface area (Å²) in [5.41, 5.74) is 2.36. The number of benzene rings is 1. The minimum Gasteiger partial charge on any atom is -0.330 e. The number of anilines is 1. The number of hydrogen-bond donors (Lipinski definition) is 1. The Morgan fingerprint density at radius 3 is 2.55 bits per heavy atom. The van der Waals surface area contributed by atoms with Crippen molar-refractivity contribution in [2.24, 2.45) is 0 Å². The Labute approximate surface area is 176 Å². The van der Waals surface area contributed by atoms with E-state index in [2.05, 4.69) is 57.5 Å². The van der Waals surface area contributed by atoms with Gasteiger partial charge in [-0.2, -0.15) is 4.68 Å². The minimum atomic E-state index is 0.790. The Morgan fingerprint density at radius 2 is 1.86 bits per heavy atom. The molecule has 1 N–H and O–H groups in total. The molecule has 1 fully saturated rings. The number of nitrogens with zero attached hydrogens (tertiary/aromatic N) is 6. The van der Waals surface area contributed by atoms with Gasteiger partial charge in [0.15, 0.2) is 12.5 Å². The first-order valence-corrected chi connectivity index (χ1v) is 10.7. The quantitative estimate of drug-likeness (QED) is 0.630. The van der Waals surface area contributed by atoms with Gasteiger partial charge in [0.05, 0.1) is 26.2 Å². The van der Waals surface area contributed by atoms with Gasteiger partial charge in [-0.15, -0.1) is 5.10 Å². The van der Waals surface area contributed by atoms with Crippen LogP contribution in [-0.2, 0) is 13.2 Å². The molecule has 0 aliphatic carbocycles. The second kappa shape index (κ2) is 8.84. The molecule has 4 rings (SSSR count). The lowest BCUT2D eigenvalue weighted by Crippen LogP contribution is -3.14. The Balaban J connectivity index is 1.51. The van der Waals surface area contributed by atoms with Crippen molar-refractivity contribution in [3.05, 3.63) is 53.1 Å². The summed E-state index contributed by atoms with van der Waals surface area (Å²) in [6, 6.07) is 10.3. The van der Waals surface area contributed by atoms with Gasteiger partial charge < -0.3 is 9.80 Å². The van der Waals surface area contributed by atoms with E-state index in [0.717, 1.165) is 67.9 Å². The van der Waals surface area contributed by atoms with E-state index in [4.69, 9.17) is 17.3 Å². The molecule has 2 aromatic heterocycles. The van der Waals surface area contributed by atoms with Gasteiger partial charge in [0.2, 0.25) is 10.7 Å². The lowest BCUT2D eigenvalue weighted by atomic mass is 10.1. The van der Waals surface area contributed by atoms with Crippen molar-refractivity contribution in [1.29, 1.82) is 0 Å². The Kier molecular flexibility index (Phi) is 6.01. The Morgan fingerprint density at radius 1 is 1.10 bits per heavy atom. The smallest absolute Gasteiger partial charge is 0.225 e. The molecule has 0 atom stereocenters. The molecule has 1 aliphatic heterocycles. The first-order chi connectivity index (χ1) is 14.2. The van der Waals surface area contributed by atoms with E-state index < -0.39 is 0 Å². The summed E-state index contributed by atoms with van der Waals surface area (Å²) in [5, 5.41) is 4.93. The van der Waals surface area contributed by atoms with Gasteiger partial charge in [0.1, 0.15) is 0 Å². The van der Waals surface area contributed by atoms with Crippen molar-refractivity contribution in [2.75, 3.05) is 31.1 Å². The van der Waals surface area contributed by atoms with Gasteiger partial charge in [-0.3, -0.25) is 4.57 Å². The molecular weight excluding hydrogens is 382 g/mol. The maximum Gasteiger partial charge on any atom is 0.225 e. The molecule has 3 heterocycles. The minimum absolute atomic E-state index is 0.790. The van der Waals surface area contributed by atoms with Crippen LogP contribution in [-0.4, -0.2) is 50.5 Å². The number of rotatable bonds is 6. The van der Waals surface area contributed by atoms with Gasteiger partial charge in [-0.25, -0.2) is 9.97 Å². The summed E-state index contributed by atoms with van der Waals surface area (Å²) >= 11 is 5.80. The van der Waals surface area contributed by atoms with Crippen LogP contribution in [0.2, 0.25) is 0 Å². The third-order valence-corrected chi connectivity index (χ3v) is 5.76. The highest BCUT2D eigenvalue weighted by molar-refractivity contribution is 7.71. The monoisotopic (exact) mass is 410 g/mol. The van der Waals surface area contributed by atoms with Crippen molar-refractivity contribution in [1.82, 2.24) is 24.3 Å². The van der Waals surface area contributed by atoms with Gasteiger partial charge in [0, 0.05) is 24.5 Å². The molecule has 1 aliphatic rings. The maximum atomic E-state index is 5.80. The number of quaternary nitrogens is 1. The molecule has 0 amide bonds. The van der Waals surface area contributed by atoms with E-state index in [-0.39, 0.29) is 0 Å². The van der Waals surface area contributed by atoms with E-state index in [1.54, 1.807) is 12.4 Å². The number of aromatic nitrogens is 5. The topological polar surface area (TPSA) is 56.2 Å². The number of nitrogens with one attached hydrogen (secondary N) is 1. The molecular formula is C21H28N7S+. The molecule has 0 spiro atoms. The van der Waals surface area contributed by atoms with E-state index in [0.29, 0.717) is 0 Å². The Hall–Kier alpha value is -2.58. The molecule has 7 nitrogen and oxygen atoms in total. The predicted molar refractivity (Wildman–Crippen MR) is 116 cm³/mol. The highest BCUT2D eigenvalue weighted by Crippen LogP contribution is 2.20. The lowest BCUT2D eigenvalue weighted by Gasteiger charge is -2.31. The van der Waals surface area contributed by atoms with Crippen LogP contribution >= 0.6 is 12.2 Å². The summed E-state index contributed by atoms with van der Waals surface area (Å²) < 4.78 is 4.99. The largest absolute Gasteiger partial charge is 0.330 e. The standard InChI is InChI=1S/C21H27N7S/c1-3-10-27-19(18-7-4-6-17(2)15-18)24-28(21(27)29)16-25-11-13-26(14-12-25)20-22-8-5-9-23-20/h4-9,15H,3,10-14,16H2,1-2H3/p+1. The normalized spacial score (nSPS) is 15.0. The van der Waals surface area contributed by atoms with E-state index in [1.807, 2.05) is 10.7 Å². The van der Waals surface area contributed by atoms with Crippen molar-refractivity contribution >= 4 is 18.2 Å². The van der Waals surface area contributed by atoms with Crippen molar-refractivity contribution < 1.29 is 4.90 Å². The summed E-state index contributed by atoms with van der Waals surface area (Å²) in [6.45, 7) is 9.87. The number of hydrogen-bond acceptors (Lipinski definition) is 5. The molecule has 29 heavy (non-hydrogen) atoms. The lowest BCUT2D eigenvalue weighted by molar-refractivity contribution is -0.924. The third kappa shape index (κ3) is 4.38. The van der Waals surface area contributed by atoms with Crippen LogP contribution in [0.5, 0.6) is 0 Å². The van der Waals surface area contributed by atoms with Crippen LogP contribution in [0.1, 0.15) is 18.9 Å². The average molecular weight is 411 g/mol. The molecule has 3 aromatic rings. The van der Waals surface area contributed by atoms with Crippen LogP contribution in [0.15, 0.2) is 42.7 Å². The van der Waals surface area contributed by atoms with Gasteiger partial charge in [-0.05, 0) is 37.7 Å². The zero-order valence-electron chi connectivity index (χ0n) is 17.1. The number of piperazine rings is 1. The second-order valence-corrected chi connectivity index (χ2v) is 7.94. The summed E-state index contributed by atoms with van der Waals surface area (Å²) in [4.78, 5) is 12.5. The fourth-order valence-corrected chi connectivity index (χ4v) is 4.10. The molecule has 8 heteroatoms. The molecule has 0 bridgehead atoms. The highest BCUT2D eigenvalue weighted by atomic mass is 32.1. The summed E-state index contributed by atoms with van der Waals surface area (Å²) in [5.74, 6) is 1.79. The number of aryl methyl sites for hydroxylation is 1. The zero-order chi connectivity index (χ0) is 20.2. The van der Waals surface area contributed by atoms with Crippen LogP contribution < -0.4 is 9.80 Å². The zero-order valence-corrected chi connectivity index (χ0v) is 17.9. The second-order valence-electron chi connectivity index (χ2n) is 7.57. The van der Waals surface area contributed by atoms with Crippen molar-refractivity contribution in [3.8, 4) is 11.4 Å². The first kappa shape index (κ1) is 19.7. The highest BCUT2D eigenvalue weighted by Gasteiger charge is 2.23.